The fourth-order valence-corrected chi connectivity index (χ4v) is 3.73. The molecule has 7 nitrogen and oxygen atoms in total. The van der Waals surface area contributed by atoms with Crippen molar-refractivity contribution in [3.05, 3.63) is 41.7 Å². The molecule has 1 fully saturated rings. The van der Waals surface area contributed by atoms with Crippen LogP contribution in [0.4, 0.5) is 4.79 Å². The maximum Gasteiger partial charge on any atom is 0.407 e. The number of carbonyl (C=O) groups is 1. The van der Waals surface area contributed by atoms with E-state index in [-0.39, 0.29) is 11.5 Å². The van der Waals surface area contributed by atoms with Crippen molar-refractivity contribution in [2.75, 3.05) is 6.54 Å². The number of amides is 1. The van der Waals surface area contributed by atoms with Crippen molar-refractivity contribution in [2.24, 2.45) is 5.41 Å². The van der Waals surface area contributed by atoms with E-state index in [0.717, 1.165) is 5.56 Å². The molecule has 0 radical (unpaired) electrons. The van der Waals surface area contributed by atoms with Gasteiger partial charge in [0.25, 0.3) is 0 Å². The summed E-state index contributed by atoms with van der Waals surface area (Å²) in [5.41, 5.74) is 0.478. The summed E-state index contributed by atoms with van der Waals surface area (Å²) in [5, 5.41) is 24.4. The van der Waals surface area contributed by atoms with Crippen LogP contribution in [-0.2, 0) is 5.41 Å². The number of aromatic nitrogens is 4. The summed E-state index contributed by atoms with van der Waals surface area (Å²) in [6.07, 6.45) is 0.395. The molecule has 24 heavy (non-hydrogen) atoms. The first-order chi connectivity index (χ1) is 11.3. The lowest BCUT2D eigenvalue weighted by atomic mass is 9.65. The van der Waals surface area contributed by atoms with Gasteiger partial charge in [0.05, 0.1) is 5.41 Å². The van der Waals surface area contributed by atoms with Crippen LogP contribution in [-0.4, -0.2) is 49.3 Å². The van der Waals surface area contributed by atoms with Gasteiger partial charge < -0.3 is 10.0 Å². The molecule has 1 saturated heterocycles. The number of benzene rings is 1. The van der Waals surface area contributed by atoms with Crippen molar-refractivity contribution in [3.8, 4) is 0 Å². The lowest BCUT2D eigenvalue weighted by Gasteiger charge is -2.49. The van der Waals surface area contributed by atoms with E-state index in [1.54, 1.807) is 4.90 Å². The summed E-state index contributed by atoms with van der Waals surface area (Å²) in [7, 11) is 0. The smallest absolute Gasteiger partial charge is 0.407 e. The number of nitrogens with one attached hydrogen (secondary N) is 1. The van der Waals surface area contributed by atoms with E-state index in [0.29, 0.717) is 25.2 Å². The lowest BCUT2D eigenvalue weighted by Crippen LogP contribution is -2.56. The van der Waals surface area contributed by atoms with Gasteiger partial charge in [-0.25, -0.2) is 4.79 Å². The zero-order valence-electron chi connectivity index (χ0n) is 14.2. The Morgan fingerprint density at radius 1 is 1.33 bits per heavy atom. The van der Waals surface area contributed by atoms with Crippen LogP contribution in [0.2, 0.25) is 0 Å². The average Bonchev–Trinajstić information content (AvgIpc) is 3.09. The second-order valence-electron chi connectivity index (χ2n) is 7.50. The zero-order chi connectivity index (χ0) is 17.4. The number of tetrazole rings is 1. The Labute approximate surface area is 141 Å². The van der Waals surface area contributed by atoms with Gasteiger partial charge >= 0.3 is 6.09 Å². The summed E-state index contributed by atoms with van der Waals surface area (Å²) in [4.78, 5) is 13.3. The number of hydrogen-bond donors (Lipinski definition) is 2. The van der Waals surface area contributed by atoms with Crippen LogP contribution >= 0.6 is 0 Å². The summed E-state index contributed by atoms with van der Waals surface area (Å²) in [5.74, 6) is 0.632. The molecule has 1 amide bonds. The molecule has 2 unspecified atom stereocenters. The molecule has 2 aromatic rings. The summed E-state index contributed by atoms with van der Waals surface area (Å²) in [6.45, 7) is 6.67. The number of H-pyrrole nitrogens is 1. The highest BCUT2D eigenvalue weighted by Gasteiger charge is 2.49. The van der Waals surface area contributed by atoms with Gasteiger partial charge in [-0.15, -0.1) is 10.2 Å². The quantitative estimate of drug-likeness (QED) is 0.883. The second kappa shape index (κ2) is 5.89. The van der Waals surface area contributed by atoms with Crippen molar-refractivity contribution < 1.29 is 9.90 Å². The molecule has 128 valence electrons. The first kappa shape index (κ1) is 16.4. The molecule has 1 aliphatic rings. The monoisotopic (exact) mass is 329 g/mol. The average molecular weight is 329 g/mol. The molecule has 0 bridgehead atoms. The predicted octanol–water partition coefficient (Wildman–Crippen LogP) is 2.67. The molecule has 1 aromatic heterocycles. The Hall–Kier alpha value is -2.44. The highest BCUT2D eigenvalue weighted by Crippen LogP contribution is 2.46. The van der Waals surface area contributed by atoms with Crippen LogP contribution < -0.4 is 0 Å². The zero-order valence-corrected chi connectivity index (χ0v) is 14.2. The Morgan fingerprint density at radius 2 is 2.04 bits per heavy atom. The molecule has 0 saturated carbocycles. The van der Waals surface area contributed by atoms with Gasteiger partial charge in [0.15, 0.2) is 5.82 Å². The van der Waals surface area contributed by atoms with Gasteiger partial charge in [0.2, 0.25) is 0 Å². The van der Waals surface area contributed by atoms with Crippen LogP contribution in [0, 0.1) is 5.41 Å². The molecule has 2 heterocycles. The molecule has 1 aliphatic heterocycles. The predicted molar refractivity (Wildman–Crippen MR) is 88.6 cm³/mol. The van der Waals surface area contributed by atoms with Crippen molar-refractivity contribution in [3.63, 3.8) is 0 Å². The van der Waals surface area contributed by atoms with E-state index in [1.807, 2.05) is 18.2 Å². The second-order valence-corrected chi connectivity index (χ2v) is 7.50. The Bertz CT molecular complexity index is 696. The van der Waals surface area contributed by atoms with Gasteiger partial charge in [-0.05, 0) is 23.8 Å². The molecule has 2 atom stereocenters. The van der Waals surface area contributed by atoms with E-state index >= 15 is 0 Å². The van der Waals surface area contributed by atoms with Crippen molar-refractivity contribution in [1.82, 2.24) is 25.5 Å². The van der Waals surface area contributed by atoms with E-state index in [2.05, 4.69) is 53.5 Å². The minimum atomic E-state index is -0.871. The fraction of sp³-hybridized carbons (Fsp3) is 0.529. The largest absolute Gasteiger partial charge is 0.465 e. The standard InChI is InChI=1S/C17H23N5O2/c1-16(2,3)13-11-17(14-18-20-21-19-14,9-10-22(13)15(23)24)12-7-5-4-6-8-12/h4-8,13H,9-11H2,1-3H3,(H,23,24)(H,18,19,20,21). The minimum Gasteiger partial charge on any atom is -0.465 e. The third kappa shape index (κ3) is 2.74. The first-order valence-corrected chi connectivity index (χ1v) is 8.13. The number of hydrogen-bond acceptors (Lipinski definition) is 4. The van der Waals surface area contributed by atoms with Crippen molar-refractivity contribution in [2.45, 2.75) is 45.1 Å². The van der Waals surface area contributed by atoms with Crippen LogP contribution in [0.15, 0.2) is 30.3 Å². The van der Waals surface area contributed by atoms with Crippen LogP contribution in [0.5, 0.6) is 0 Å². The number of likely N-dealkylation sites (tertiary alicyclic amines) is 1. The van der Waals surface area contributed by atoms with Gasteiger partial charge in [-0.1, -0.05) is 56.3 Å². The summed E-state index contributed by atoms with van der Waals surface area (Å²) in [6, 6.07) is 9.95. The van der Waals surface area contributed by atoms with Gasteiger partial charge in [0, 0.05) is 12.6 Å². The molecule has 0 spiro atoms. The number of carboxylic acid groups (broad SMARTS) is 1. The van der Waals surface area contributed by atoms with Crippen LogP contribution in [0.3, 0.4) is 0 Å². The van der Waals surface area contributed by atoms with E-state index in [9.17, 15) is 9.90 Å². The Kier molecular flexibility index (Phi) is 4.03. The molecule has 2 N–H and O–H groups in total. The molecule has 0 aliphatic carbocycles. The topological polar surface area (TPSA) is 95.0 Å². The third-order valence-corrected chi connectivity index (χ3v) is 5.04. The Balaban J connectivity index is 2.09. The fourth-order valence-electron chi connectivity index (χ4n) is 3.73. The lowest BCUT2D eigenvalue weighted by molar-refractivity contribution is 0.0367. The summed E-state index contributed by atoms with van der Waals surface area (Å²) >= 11 is 0. The highest BCUT2D eigenvalue weighted by atomic mass is 16.4. The number of nitrogens with zero attached hydrogens (tertiary/aromatic N) is 4. The first-order valence-electron chi connectivity index (χ1n) is 8.13. The summed E-state index contributed by atoms with van der Waals surface area (Å²) < 4.78 is 0. The van der Waals surface area contributed by atoms with Crippen LogP contribution in [0.1, 0.15) is 45.0 Å². The minimum absolute atomic E-state index is 0.137. The van der Waals surface area contributed by atoms with E-state index < -0.39 is 11.5 Å². The highest BCUT2D eigenvalue weighted by molar-refractivity contribution is 5.66. The van der Waals surface area contributed by atoms with Gasteiger partial charge in [0.1, 0.15) is 0 Å². The number of rotatable bonds is 2. The SMILES string of the molecule is CC(C)(C)C1CC(c2ccccc2)(c2nn[nH]n2)CCN1C(=O)O. The Morgan fingerprint density at radius 3 is 2.58 bits per heavy atom. The van der Waals surface area contributed by atoms with Crippen molar-refractivity contribution >= 4 is 6.09 Å². The maximum absolute atomic E-state index is 11.7. The molecule has 3 rings (SSSR count). The normalized spacial score (nSPS) is 24.8. The number of piperidine rings is 1. The molecule has 7 heteroatoms. The van der Waals surface area contributed by atoms with Crippen LogP contribution in [0.25, 0.3) is 0 Å². The van der Waals surface area contributed by atoms with E-state index in [1.165, 1.54) is 0 Å². The van der Waals surface area contributed by atoms with Gasteiger partial charge in [-0.2, -0.15) is 5.21 Å². The number of aromatic amines is 1. The molecular weight excluding hydrogens is 306 g/mol. The molecule has 1 aromatic carbocycles. The van der Waals surface area contributed by atoms with E-state index in [4.69, 9.17) is 0 Å². The van der Waals surface area contributed by atoms with Gasteiger partial charge in [-0.3, -0.25) is 0 Å². The maximum atomic E-state index is 11.7. The molecular formula is C17H23N5O2. The van der Waals surface area contributed by atoms with Crippen molar-refractivity contribution in [1.29, 1.82) is 0 Å². The third-order valence-electron chi connectivity index (χ3n) is 5.04.